The molecule has 192 valence electrons. The predicted molar refractivity (Wildman–Crippen MR) is 133 cm³/mol. The number of allylic oxidation sites excluding steroid dienone is 6. The van der Waals surface area contributed by atoms with Crippen molar-refractivity contribution in [2.75, 3.05) is 6.01 Å². The molecule has 1 aliphatic heterocycles. The van der Waals surface area contributed by atoms with Crippen LogP contribution in [0.1, 0.15) is 52.9 Å². The summed E-state index contributed by atoms with van der Waals surface area (Å²) < 4.78 is 35.9. The van der Waals surface area contributed by atoms with Gasteiger partial charge in [0.15, 0.2) is 16.7 Å². The lowest BCUT2D eigenvalue weighted by Gasteiger charge is -2.57. The zero-order valence-corrected chi connectivity index (χ0v) is 21.7. The lowest BCUT2D eigenvalue weighted by molar-refractivity contribution is -0.140. The van der Waals surface area contributed by atoms with E-state index < -0.39 is 34.0 Å². The van der Waals surface area contributed by atoms with Gasteiger partial charge in [-0.3, -0.25) is 14.4 Å². The second-order valence-electron chi connectivity index (χ2n) is 12.0. The number of ketones is 2. The number of carbonyl (C=O) groups is 3. The van der Waals surface area contributed by atoms with Gasteiger partial charge in [0.25, 0.3) is 0 Å². The number of fused-ring (bicyclic) bond motifs is 3. The van der Waals surface area contributed by atoms with Gasteiger partial charge in [-0.25, -0.2) is 8.78 Å². The standard InChI is InChI=1S/C29H32F2O4S/c1-16-10-19-20-12-22(31)21-11-18(32)8-9-26(21,2)29(20)24(35-29)14-27(19,3)28(16,25(34)36-15-30)13-23(33)17-6-4-5-7-17/h4-6,8-9,11,16,19-20,22,24H,7,10,12-15H2,1-3H3/t16-,19?,20?,22+,24-,26+,27+,28-,29-/m1/s1. The van der Waals surface area contributed by atoms with Gasteiger partial charge in [0.05, 0.1) is 11.5 Å². The van der Waals surface area contributed by atoms with Crippen molar-refractivity contribution in [2.24, 2.45) is 34.0 Å². The minimum Gasteiger partial charge on any atom is -0.364 e. The van der Waals surface area contributed by atoms with E-state index in [0.717, 1.165) is 0 Å². The van der Waals surface area contributed by atoms with Gasteiger partial charge >= 0.3 is 0 Å². The molecule has 1 spiro atoms. The largest absolute Gasteiger partial charge is 0.364 e. The van der Waals surface area contributed by atoms with Crippen LogP contribution in [0.25, 0.3) is 0 Å². The summed E-state index contributed by atoms with van der Waals surface area (Å²) >= 11 is 0.665. The Morgan fingerprint density at radius 3 is 2.69 bits per heavy atom. The number of hydrogen-bond donors (Lipinski definition) is 0. The Morgan fingerprint density at radius 2 is 2.00 bits per heavy atom. The van der Waals surface area contributed by atoms with Gasteiger partial charge in [-0.1, -0.05) is 49.9 Å². The van der Waals surface area contributed by atoms with Crippen LogP contribution in [0.3, 0.4) is 0 Å². The number of ether oxygens (including phenoxy) is 1. The molecule has 4 nitrogen and oxygen atoms in total. The first kappa shape index (κ1) is 24.5. The molecule has 6 rings (SSSR count). The maximum absolute atomic E-state index is 15.8. The van der Waals surface area contributed by atoms with E-state index in [1.54, 1.807) is 6.08 Å². The molecular formula is C29H32F2O4S. The van der Waals surface area contributed by atoms with Gasteiger partial charge in [0, 0.05) is 11.8 Å². The SMILES string of the molecule is C[C@@H]1CC2C3C[C@H](F)C4=CC(=O)C=C[C@]4(C)[C@@]34O[C@@H]4C[C@]2(C)[C@@]1(CC(=O)C1=CC=CC1)C(=O)SCF. The molecule has 0 aromatic heterocycles. The van der Waals surface area contributed by atoms with Gasteiger partial charge in [-0.05, 0) is 79.1 Å². The highest BCUT2D eigenvalue weighted by atomic mass is 32.2. The van der Waals surface area contributed by atoms with Crippen molar-refractivity contribution >= 4 is 28.4 Å². The molecule has 1 heterocycles. The van der Waals surface area contributed by atoms with Crippen molar-refractivity contribution in [2.45, 2.75) is 70.8 Å². The molecule has 0 bridgehead atoms. The number of Topliss-reactive ketones (excluding diaryl/α,β-unsaturated/α-hetero) is 1. The van der Waals surface area contributed by atoms with Crippen molar-refractivity contribution in [3.8, 4) is 0 Å². The normalized spacial score (nSPS) is 47.9. The quantitative estimate of drug-likeness (QED) is 0.445. The van der Waals surface area contributed by atoms with Crippen LogP contribution < -0.4 is 0 Å². The molecule has 7 heteroatoms. The Labute approximate surface area is 214 Å². The molecule has 0 N–H and O–H groups in total. The lowest BCUT2D eigenvalue weighted by Crippen LogP contribution is -2.61. The molecule has 9 atom stereocenters. The molecule has 0 aromatic carbocycles. The lowest BCUT2D eigenvalue weighted by atomic mass is 9.45. The fourth-order valence-corrected chi connectivity index (χ4v) is 10.0. The monoisotopic (exact) mass is 514 g/mol. The minimum absolute atomic E-state index is 0.0445. The Kier molecular flexibility index (Phi) is 5.32. The van der Waals surface area contributed by atoms with Gasteiger partial charge in [-0.2, -0.15) is 0 Å². The third-order valence-corrected chi connectivity index (χ3v) is 11.6. The smallest absolute Gasteiger partial charge is 0.198 e. The molecule has 4 fully saturated rings. The van der Waals surface area contributed by atoms with Gasteiger partial charge < -0.3 is 4.74 Å². The molecule has 36 heavy (non-hydrogen) atoms. The molecule has 0 aromatic rings. The molecule has 3 saturated carbocycles. The number of hydrogen-bond acceptors (Lipinski definition) is 5. The molecule has 0 radical (unpaired) electrons. The van der Waals surface area contributed by atoms with Crippen LogP contribution in [0, 0.1) is 34.0 Å². The highest BCUT2D eigenvalue weighted by Gasteiger charge is 2.82. The number of epoxide rings is 1. The minimum atomic E-state index is -1.27. The van der Waals surface area contributed by atoms with Crippen molar-refractivity contribution in [1.29, 1.82) is 0 Å². The van der Waals surface area contributed by atoms with Crippen LogP contribution >= 0.6 is 11.8 Å². The average Bonchev–Trinajstić information content (AvgIpc) is 3.20. The molecule has 0 amide bonds. The van der Waals surface area contributed by atoms with E-state index in [1.807, 2.05) is 32.1 Å². The number of halogens is 2. The number of alkyl halides is 2. The van der Waals surface area contributed by atoms with E-state index in [-0.39, 0.29) is 53.4 Å². The first-order chi connectivity index (χ1) is 17.0. The fraction of sp³-hybridized carbons (Fsp3) is 0.621. The zero-order valence-electron chi connectivity index (χ0n) is 20.9. The topological polar surface area (TPSA) is 63.7 Å². The van der Waals surface area contributed by atoms with Crippen LogP contribution in [-0.2, 0) is 19.1 Å². The molecule has 5 aliphatic carbocycles. The average molecular weight is 515 g/mol. The summed E-state index contributed by atoms with van der Waals surface area (Å²) in [5, 5.41) is -0.266. The highest BCUT2D eigenvalue weighted by Crippen LogP contribution is 2.79. The van der Waals surface area contributed by atoms with E-state index in [9.17, 15) is 18.8 Å². The summed E-state index contributed by atoms with van der Waals surface area (Å²) in [6.45, 7) is 6.05. The third kappa shape index (κ3) is 2.82. The summed E-state index contributed by atoms with van der Waals surface area (Å²) in [5.74, 6) is -0.631. The van der Waals surface area contributed by atoms with Gasteiger partial charge in [-0.15, -0.1) is 0 Å². The van der Waals surface area contributed by atoms with Crippen molar-refractivity contribution in [1.82, 2.24) is 0 Å². The summed E-state index contributed by atoms with van der Waals surface area (Å²) in [7, 11) is 0. The molecular weight excluding hydrogens is 482 g/mol. The first-order valence-corrected chi connectivity index (χ1v) is 13.9. The van der Waals surface area contributed by atoms with E-state index in [1.165, 1.54) is 12.2 Å². The Morgan fingerprint density at radius 1 is 1.22 bits per heavy atom. The highest BCUT2D eigenvalue weighted by molar-refractivity contribution is 8.13. The Balaban J connectivity index is 1.44. The first-order valence-electron chi connectivity index (χ1n) is 12.9. The molecule has 1 saturated heterocycles. The van der Waals surface area contributed by atoms with Crippen LogP contribution in [0.4, 0.5) is 8.78 Å². The predicted octanol–water partition coefficient (Wildman–Crippen LogP) is 5.64. The molecule has 2 unspecified atom stereocenters. The number of thioether (sulfide) groups is 1. The van der Waals surface area contributed by atoms with Crippen LogP contribution in [0.15, 0.2) is 47.6 Å². The van der Waals surface area contributed by atoms with Crippen LogP contribution in [-0.4, -0.2) is 40.6 Å². The fourth-order valence-electron chi connectivity index (χ4n) is 9.16. The van der Waals surface area contributed by atoms with Crippen LogP contribution in [0.2, 0.25) is 0 Å². The Hall–Kier alpha value is -1.86. The van der Waals surface area contributed by atoms with Crippen molar-refractivity contribution in [3.63, 3.8) is 0 Å². The number of rotatable bonds is 5. The summed E-state index contributed by atoms with van der Waals surface area (Å²) in [6.07, 6.45) is 10.9. The zero-order chi connectivity index (χ0) is 25.7. The van der Waals surface area contributed by atoms with Crippen molar-refractivity contribution < 1.29 is 27.9 Å². The summed E-state index contributed by atoms with van der Waals surface area (Å²) in [6, 6.07) is -0.836. The summed E-state index contributed by atoms with van der Waals surface area (Å²) in [4.78, 5) is 39.4. The number of carbonyl (C=O) groups excluding carboxylic acids is 3. The van der Waals surface area contributed by atoms with Gasteiger partial charge in [0.2, 0.25) is 0 Å². The second-order valence-corrected chi connectivity index (χ2v) is 12.9. The van der Waals surface area contributed by atoms with E-state index in [4.69, 9.17) is 4.74 Å². The van der Waals surface area contributed by atoms with Crippen molar-refractivity contribution in [3.05, 3.63) is 47.6 Å². The van der Waals surface area contributed by atoms with Crippen LogP contribution in [0.5, 0.6) is 0 Å². The van der Waals surface area contributed by atoms with E-state index in [0.29, 0.717) is 42.2 Å². The maximum Gasteiger partial charge on any atom is 0.198 e. The molecule has 6 aliphatic rings. The summed E-state index contributed by atoms with van der Waals surface area (Å²) in [5.41, 5.74) is -1.84. The second kappa shape index (κ2) is 7.83. The van der Waals surface area contributed by atoms with E-state index in [2.05, 4.69) is 6.92 Å². The Bertz CT molecular complexity index is 1190. The van der Waals surface area contributed by atoms with Gasteiger partial charge in [0.1, 0.15) is 17.8 Å². The third-order valence-electron chi connectivity index (χ3n) is 10.9. The van der Waals surface area contributed by atoms with E-state index >= 15 is 4.39 Å². The maximum atomic E-state index is 15.8.